The van der Waals surface area contributed by atoms with Crippen LogP contribution in [-0.2, 0) is 9.59 Å². The molecule has 2 amide bonds. The third-order valence-electron chi connectivity index (χ3n) is 4.13. The van der Waals surface area contributed by atoms with Crippen molar-refractivity contribution in [1.29, 1.82) is 0 Å². The topological polar surface area (TPSA) is 52.7 Å². The molecule has 0 unspecified atom stereocenters. The number of halogens is 4. The van der Waals surface area contributed by atoms with E-state index in [0.29, 0.717) is 23.7 Å². The first kappa shape index (κ1) is 19.5. The molecule has 0 bridgehead atoms. The van der Waals surface area contributed by atoms with Crippen molar-refractivity contribution in [2.45, 2.75) is 31.6 Å². The number of amides is 2. The minimum atomic E-state index is -4.39. The van der Waals surface area contributed by atoms with Crippen LogP contribution in [0, 0.1) is 0 Å². The van der Waals surface area contributed by atoms with E-state index in [0.717, 1.165) is 4.90 Å². The smallest absolute Gasteiger partial charge is 0.343 e. The van der Waals surface area contributed by atoms with Gasteiger partial charge in [0.2, 0.25) is 11.8 Å². The van der Waals surface area contributed by atoms with Crippen molar-refractivity contribution in [3.63, 3.8) is 0 Å². The lowest BCUT2D eigenvalue weighted by Gasteiger charge is -2.26. The van der Waals surface area contributed by atoms with E-state index in [9.17, 15) is 22.8 Å². The van der Waals surface area contributed by atoms with Gasteiger partial charge in [0, 0.05) is 17.3 Å². The number of rotatable bonds is 5. The van der Waals surface area contributed by atoms with Gasteiger partial charge >= 0.3 is 6.18 Å². The summed E-state index contributed by atoms with van der Waals surface area (Å²) in [5.41, 5.74) is 0.661. The SMILES string of the molecule is C[C@@H](C(=O)N[C@@H]1CCN(c2ccc(Cl)cc2)C1=O)N(C)CC(F)(F)F. The zero-order chi connectivity index (χ0) is 18.8. The van der Waals surface area contributed by atoms with Crippen LogP contribution < -0.4 is 10.2 Å². The highest BCUT2D eigenvalue weighted by Gasteiger charge is 2.36. The third kappa shape index (κ3) is 5.09. The number of nitrogens with one attached hydrogen (secondary N) is 1. The lowest BCUT2D eigenvalue weighted by Crippen LogP contribution is -2.51. The first-order valence-electron chi connectivity index (χ1n) is 7.73. The number of hydrogen-bond donors (Lipinski definition) is 1. The molecule has 0 aromatic heterocycles. The van der Waals surface area contributed by atoms with Crippen LogP contribution in [0.2, 0.25) is 5.02 Å². The monoisotopic (exact) mass is 377 g/mol. The molecule has 2 rings (SSSR count). The van der Waals surface area contributed by atoms with E-state index >= 15 is 0 Å². The Bertz CT molecular complexity index is 637. The van der Waals surface area contributed by atoms with Crippen molar-refractivity contribution in [2.24, 2.45) is 0 Å². The molecule has 0 radical (unpaired) electrons. The van der Waals surface area contributed by atoms with Gasteiger partial charge in [0.25, 0.3) is 0 Å². The van der Waals surface area contributed by atoms with Crippen LogP contribution in [0.3, 0.4) is 0 Å². The average Bonchev–Trinajstić information content (AvgIpc) is 2.86. The maximum atomic E-state index is 12.4. The van der Waals surface area contributed by atoms with Gasteiger partial charge in [-0.15, -0.1) is 0 Å². The van der Waals surface area contributed by atoms with E-state index in [-0.39, 0.29) is 5.91 Å². The number of benzene rings is 1. The highest BCUT2D eigenvalue weighted by molar-refractivity contribution is 6.30. The van der Waals surface area contributed by atoms with E-state index in [1.165, 1.54) is 18.9 Å². The number of likely N-dealkylation sites (N-methyl/N-ethyl adjacent to an activating group) is 1. The fourth-order valence-corrected chi connectivity index (χ4v) is 2.73. The molecule has 1 fully saturated rings. The second kappa shape index (κ2) is 7.61. The molecule has 1 aromatic rings. The van der Waals surface area contributed by atoms with Crippen LogP contribution in [0.5, 0.6) is 0 Å². The summed E-state index contributed by atoms with van der Waals surface area (Å²) in [6, 6.07) is 4.96. The molecule has 9 heteroatoms. The van der Waals surface area contributed by atoms with E-state index in [1.54, 1.807) is 24.3 Å². The summed E-state index contributed by atoms with van der Waals surface area (Å²) in [4.78, 5) is 27.0. The summed E-state index contributed by atoms with van der Waals surface area (Å²) < 4.78 is 37.3. The zero-order valence-corrected chi connectivity index (χ0v) is 14.6. The van der Waals surface area contributed by atoms with Gasteiger partial charge in [0.1, 0.15) is 6.04 Å². The lowest BCUT2D eigenvalue weighted by atomic mass is 10.2. The average molecular weight is 378 g/mol. The van der Waals surface area contributed by atoms with E-state index in [1.807, 2.05) is 0 Å². The Balaban J connectivity index is 1.95. The van der Waals surface area contributed by atoms with Gasteiger partial charge in [-0.05, 0) is 44.7 Å². The highest BCUT2D eigenvalue weighted by Crippen LogP contribution is 2.23. The molecule has 25 heavy (non-hydrogen) atoms. The van der Waals surface area contributed by atoms with Crippen molar-refractivity contribution in [3.8, 4) is 0 Å². The Morgan fingerprint density at radius 3 is 2.56 bits per heavy atom. The maximum Gasteiger partial charge on any atom is 0.401 e. The normalized spacial score (nSPS) is 19.4. The van der Waals surface area contributed by atoms with Gasteiger partial charge in [-0.3, -0.25) is 14.5 Å². The fourth-order valence-electron chi connectivity index (χ4n) is 2.60. The van der Waals surface area contributed by atoms with Crippen LogP contribution in [0.1, 0.15) is 13.3 Å². The summed E-state index contributed by atoms with van der Waals surface area (Å²) in [5.74, 6) is -0.899. The van der Waals surface area contributed by atoms with E-state index in [2.05, 4.69) is 5.32 Å². The van der Waals surface area contributed by atoms with Crippen LogP contribution in [0.15, 0.2) is 24.3 Å². The van der Waals surface area contributed by atoms with Gasteiger partial charge in [0.05, 0.1) is 12.6 Å². The molecule has 0 aliphatic carbocycles. The Morgan fingerprint density at radius 1 is 1.40 bits per heavy atom. The summed E-state index contributed by atoms with van der Waals surface area (Å²) in [6.45, 7) is 0.590. The second-order valence-electron chi connectivity index (χ2n) is 6.02. The summed E-state index contributed by atoms with van der Waals surface area (Å²) in [5, 5.41) is 3.08. The standard InChI is InChI=1S/C16H19ClF3N3O2/c1-10(22(2)9-16(18,19)20)14(24)21-13-7-8-23(15(13)25)12-5-3-11(17)4-6-12/h3-6,10,13H,7-9H2,1-2H3,(H,21,24)/t10-,13+/m0/s1. The van der Waals surface area contributed by atoms with Crippen molar-refractivity contribution in [2.75, 3.05) is 25.0 Å². The van der Waals surface area contributed by atoms with Crippen LogP contribution in [-0.4, -0.2) is 55.1 Å². The summed E-state index contributed by atoms with van der Waals surface area (Å²) in [7, 11) is 1.22. The summed E-state index contributed by atoms with van der Waals surface area (Å²) in [6.07, 6.45) is -4.00. The Morgan fingerprint density at radius 2 is 2.00 bits per heavy atom. The first-order valence-corrected chi connectivity index (χ1v) is 8.10. The fraction of sp³-hybridized carbons (Fsp3) is 0.500. The molecule has 1 N–H and O–H groups in total. The van der Waals surface area contributed by atoms with Crippen molar-refractivity contribution >= 4 is 29.1 Å². The second-order valence-corrected chi connectivity index (χ2v) is 6.46. The van der Waals surface area contributed by atoms with Crippen LogP contribution >= 0.6 is 11.6 Å². The molecule has 1 saturated heterocycles. The molecule has 1 heterocycles. The third-order valence-corrected chi connectivity index (χ3v) is 4.38. The number of nitrogens with zero attached hydrogens (tertiary/aromatic N) is 2. The largest absolute Gasteiger partial charge is 0.401 e. The molecule has 138 valence electrons. The number of carbonyl (C=O) groups is 2. The van der Waals surface area contributed by atoms with E-state index in [4.69, 9.17) is 11.6 Å². The molecule has 0 saturated carbocycles. The van der Waals surface area contributed by atoms with Crippen LogP contribution in [0.4, 0.5) is 18.9 Å². The molecule has 0 spiro atoms. The molecular weight excluding hydrogens is 359 g/mol. The maximum absolute atomic E-state index is 12.4. The molecule has 5 nitrogen and oxygen atoms in total. The minimum Gasteiger partial charge on any atom is -0.343 e. The molecule has 1 aromatic carbocycles. The number of carbonyl (C=O) groups excluding carboxylic acids is 2. The quantitative estimate of drug-likeness (QED) is 0.857. The van der Waals surface area contributed by atoms with Crippen LogP contribution in [0.25, 0.3) is 0 Å². The highest BCUT2D eigenvalue weighted by atomic mass is 35.5. The molecule has 1 aliphatic heterocycles. The van der Waals surface area contributed by atoms with Gasteiger partial charge in [-0.1, -0.05) is 11.6 Å². The van der Waals surface area contributed by atoms with Crippen molar-refractivity contribution in [1.82, 2.24) is 10.2 Å². The lowest BCUT2D eigenvalue weighted by molar-refractivity contribution is -0.151. The number of anilines is 1. The van der Waals surface area contributed by atoms with Gasteiger partial charge in [0.15, 0.2) is 0 Å². The van der Waals surface area contributed by atoms with Gasteiger partial charge in [-0.25, -0.2) is 0 Å². The number of alkyl halides is 3. The zero-order valence-electron chi connectivity index (χ0n) is 13.8. The van der Waals surface area contributed by atoms with Gasteiger partial charge < -0.3 is 10.2 Å². The van der Waals surface area contributed by atoms with E-state index < -0.39 is 30.7 Å². The Kier molecular flexibility index (Phi) is 5.95. The molecule has 1 aliphatic rings. The summed E-state index contributed by atoms with van der Waals surface area (Å²) >= 11 is 5.82. The Hall–Kier alpha value is -1.80. The predicted octanol–water partition coefficient (Wildman–Crippen LogP) is 2.44. The number of hydrogen-bond acceptors (Lipinski definition) is 3. The molecular formula is C16H19ClF3N3O2. The predicted molar refractivity (Wildman–Crippen MR) is 88.5 cm³/mol. The molecule has 2 atom stereocenters. The first-order chi connectivity index (χ1) is 11.6. The van der Waals surface area contributed by atoms with Crippen molar-refractivity contribution < 1.29 is 22.8 Å². The minimum absolute atomic E-state index is 0.290. The van der Waals surface area contributed by atoms with Gasteiger partial charge in [-0.2, -0.15) is 13.2 Å². The Labute approximate surface area is 148 Å². The van der Waals surface area contributed by atoms with Crippen molar-refractivity contribution in [3.05, 3.63) is 29.3 Å².